The van der Waals surface area contributed by atoms with E-state index in [0.717, 1.165) is 24.6 Å². The fraction of sp³-hybridized carbons (Fsp3) is 0.471. The smallest absolute Gasteiger partial charge is 0.168 e. The maximum atomic E-state index is 13.2. The van der Waals surface area contributed by atoms with Gasteiger partial charge in [0, 0.05) is 28.6 Å². The normalized spacial score (nSPS) is 22.1. The van der Waals surface area contributed by atoms with E-state index in [1.54, 1.807) is 12.3 Å². The summed E-state index contributed by atoms with van der Waals surface area (Å²) < 4.78 is 13.2. The van der Waals surface area contributed by atoms with E-state index in [1.807, 2.05) is 0 Å². The number of fused-ring (bicyclic) bond motifs is 1. The van der Waals surface area contributed by atoms with Gasteiger partial charge in [-0.1, -0.05) is 26.7 Å². The lowest BCUT2D eigenvalue weighted by Gasteiger charge is -2.37. The third kappa shape index (κ3) is 2.15. The third-order valence-electron chi connectivity index (χ3n) is 4.73. The molecule has 0 saturated heterocycles. The molecule has 1 aromatic carbocycles. The lowest BCUT2D eigenvalue weighted by Crippen LogP contribution is -2.34. The van der Waals surface area contributed by atoms with E-state index in [1.165, 1.54) is 18.6 Å². The largest absolute Gasteiger partial charge is 0.360 e. The second-order valence-corrected chi connectivity index (χ2v) is 6.54. The Hall–Kier alpha value is -1.64. The zero-order valence-electron chi connectivity index (χ0n) is 12.0. The molecule has 1 atom stereocenters. The van der Waals surface area contributed by atoms with Gasteiger partial charge in [0.15, 0.2) is 5.78 Å². The minimum absolute atomic E-state index is 0.0545. The van der Waals surface area contributed by atoms with Gasteiger partial charge in [-0.05, 0) is 36.5 Å². The summed E-state index contributed by atoms with van der Waals surface area (Å²) in [5.74, 6) is -0.00999. The van der Waals surface area contributed by atoms with E-state index in [2.05, 4.69) is 18.8 Å². The number of halogens is 1. The lowest BCUT2D eigenvalue weighted by molar-refractivity contribution is 0.0699. The minimum atomic E-state index is -0.281. The molecule has 106 valence electrons. The van der Waals surface area contributed by atoms with Gasteiger partial charge in [0.25, 0.3) is 0 Å². The predicted molar refractivity (Wildman–Crippen MR) is 78.3 cm³/mol. The molecule has 1 fully saturated rings. The number of ketones is 1. The fourth-order valence-electron chi connectivity index (χ4n) is 3.47. The molecular weight excluding hydrogens is 253 g/mol. The number of Topliss-reactive ketones (excluding diaryl/α,β-unsaturated/α-hetero) is 1. The fourth-order valence-corrected chi connectivity index (χ4v) is 3.47. The van der Waals surface area contributed by atoms with Crippen molar-refractivity contribution in [3.63, 3.8) is 0 Å². The maximum Gasteiger partial charge on any atom is 0.168 e. The summed E-state index contributed by atoms with van der Waals surface area (Å²) in [5, 5.41) is 0.831. The Labute approximate surface area is 118 Å². The molecular formula is C17H20FNO. The standard InChI is InChI=1S/C17H20FNO/c1-17(2)8-4-3-5-14(17)16(20)13-10-19-15-9-11(18)6-7-12(13)15/h6-7,9-10,14,19H,3-5,8H2,1-2H3. The van der Waals surface area contributed by atoms with Crippen LogP contribution < -0.4 is 0 Å². The summed E-state index contributed by atoms with van der Waals surface area (Å²) in [4.78, 5) is 15.9. The van der Waals surface area contributed by atoms with Crippen molar-refractivity contribution in [3.05, 3.63) is 35.8 Å². The van der Waals surface area contributed by atoms with Crippen LogP contribution in [0.2, 0.25) is 0 Å². The van der Waals surface area contributed by atoms with Gasteiger partial charge >= 0.3 is 0 Å². The van der Waals surface area contributed by atoms with Crippen molar-refractivity contribution < 1.29 is 9.18 Å². The van der Waals surface area contributed by atoms with Gasteiger partial charge < -0.3 is 4.98 Å². The van der Waals surface area contributed by atoms with Crippen molar-refractivity contribution in [3.8, 4) is 0 Å². The van der Waals surface area contributed by atoms with Crippen LogP contribution in [0.25, 0.3) is 10.9 Å². The molecule has 1 saturated carbocycles. The summed E-state index contributed by atoms with van der Waals surface area (Å²) in [5.41, 5.74) is 1.46. The highest BCUT2D eigenvalue weighted by Crippen LogP contribution is 2.42. The number of carbonyl (C=O) groups excluding carboxylic acids is 1. The van der Waals surface area contributed by atoms with Crippen LogP contribution in [-0.4, -0.2) is 10.8 Å². The minimum Gasteiger partial charge on any atom is -0.360 e. The van der Waals surface area contributed by atoms with E-state index in [4.69, 9.17) is 0 Å². The Morgan fingerprint density at radius 3 is 2.90 bits per heavy atom. The van der Waals surface area contributed by atoms with E-state index < -0.39 is 0 Å². The molecule has 1 unspecified atom stereocenters. The van der Waals surface area contributed by atoms with Crippen molar-refractivity contribution in [1.82, 2.24) is 4.98 Å². The summed E-state index contributed by atoms with van der Waals surface area (Å²) in [6.45, 7) is 4.37. The van der Waals surface area contributed by atoms with Crippen LogP contribution in [-0.2, 0) is 0 Å². The topological polar surface area (TPSA) is 32.9 Å². The first-order chi connectivity index (χ1) is 9.49. The lowest BCUT2D eigenvalue weighted by atomic mass is 9.66. The quantitative estimate of drug-likeness (QED) is 0.790. The van der Waals surface area contributed by atoms with Gasteiger partial charge in [-0.2, -0.15) is 0 Å². The molecule has 3 heteroatoms. The van der Waals surface area contributed by atoms with E-state index in [-0.39, 0.29) is 22.9 Å². The third-order valence-corrected chi connectivity index (χ3v) is 4.73. The number of aromatic nitrogens is 1. The molecule has 0 spiro atoms. The molecule has 0 bridgehead atoms. The summed E-state index contributed by atoms with van der Waals surface area (Å²) in [7, 11) is 0. The number of nitrogens with one attached hydrogen (secondary N) is 1. The van der Waals surface area contributed by atoms with Crippen LogP contribution in [0.1, 0.15) is 49.9 Å². The number of H-pyrrole nitrogens is 1. The van der Waals surface area contributed by atoms with Crippen LogP contribution in [0.3, 0.4) is 0 Å². The summed E-state index contributed by atoms with van der Waals surface area (Å²) in [6.07, 6.45) is 6.11. The highest BCUT2D eigenvalue weighted by Gasteiger charge is 2.38. The summed E-state index contributed by atoms with van der Waals surface area (Å²) >= 11 is 0. The molecule has 1 heterocycles. The predicted octanol–water partition coefficient (Wildman–Crippen LogP) is 4.71. The monoisotopic (exact) mass is 273 g/mol. The number of benzene rings is 1. The highest BCUT2D eigenvalue weighted by atomic mass is 19.1. The first-order valence-electron chi connectivity index (χ1n) is 7.30. The molecule has 1 aliphatic rings. The number of rotatable bonds is 2. The molecule has 1 aliphatic carbocycles. The Morgan fingerprint density at radius 2 is 2.15 bits per heavy atom. The van der Waals surface area contributed by atoms with Crippen molar-refractivity contribution in [2.75, 3.05) is 0 Å². The molecule has 2 nitrogen and oxygen atoms in total. The second kappa shape index (κ2) is 4.72. The zero-order chi connectivity index (χ0) is 14.3. The first kappa shape index (κ1) is 13.3. The SMILES string of the molecule is CC1(C)CCCCC1C(=O)c1c[nH]c2cc(F)ccc12. The average Bonchev–Trinajstić information content (AvgIpc) is 2.80. The first-order valence-corrected chi connectivity index (χ1v) is 7.30. The van der Waals surface area contributed by atoms with Crippen LogP contribution in [0.15, 0.2) is 24.4 Å². The van der Waals surface area contributed by atoms with Gasteiger partial charge in [-0.3, -0.25) is 4.79 Å². The maximum absolute atomic E-state index is 13.2. The molecule has 1 aromatic heterocycles. The molecule has 0 aliphatic heterocycles. The van der Waals surface area contributed by atoms with Crippen molar-refractivity contribution in [2.24, 2.45) is 11.3 Å². The van der Waals surface area contributed by atoms with Crippen molar-refractivity contribution in [2.45, 2.75) is 39.5 Å². The van der Waals surface area contributed by atoms with Gasteiger partial charge in [-0.15, -0.1) is 0 Å². The molecule has 3 rings (SSSR count). The molecule has 2 aromatic rings. The van der Waals surface area contributed by atoms with Crippen molar-refractivity contribution in [1.29, 1.82) is 0 Å². The Kier molecular flexibility index (Phi) is 3.15. The van der Waals surface area contributed by atoms with Crippen LogP contribution >= 0.6 is 0 Å². The van der Waals surface area contributed by atoms with Gasteiger partial charge in [0.05, 0.1) is 0 Å². The van der Waals surface area contributed by atoms with E-state index in [9.17, 15) is 9.18 Å². The Bertz CT molecular complexity index is 656. The number of hydrogen-bond acceptors (Lipinski definition) is 1. The Morgan fingerprint density at radius 1 is 1.35 bits per heavy atom. The van der Waals surface area contributed by atoms with Crippen LogP contribution in [0.5, 0.6) is 0 Å². The van der Waals surface area contributed by atoms with Gasteiger partial charge in [0.1, 0.15) is 5.82 Å². The van der Waals surface area contributed by atoms with Gasteiger partial charge in [-0.25, -0.2) is 4.39 Å². The van der Waals surface area contributed by atoms with Crippen LogP contribution in [0, 0.1) is 17.2 Å². The second-order valence-electron chi connectivity index (χ2n) is 6.54. The van der Waals surface area contributed by atoms with Crippen LogP contribution in [0.4, 0.5) is 4.39 Å². The number of aromatic amines is 1. The molecule has 20 heavy (non-hydrogen) atoms. The molecule has 1 N–H and O–H groups in total. The average molecular weight is 273 g/mol. The zero-order valence-corrected chi connectivity index (χ0v) is 12.0. The Balaban J connectivity index is 2.00. The van der Waals surface area contributed by atoms with Crippen molar-refractivity contribution >= 4 is 16.7 Å². The molecule has 0 amide bonds. The number of carbonyl (C=O) groups is 1. The summed E-state index contributed by atoms with van der Waals surface area (Å²) in [6, 6.07) is 4.56. The highest BCUT2D eigenvalue weighted by molar-refractivity contribution is 6.09. The molecule has 0 radical (unpaired) electrons. The number of hydrogen-bond donors (Lipinski definition) is 1. The van der Waals surface area contributed by atoms with Gasteiger partial charge in [0.2, 0.25) is 0 Å². The van der Waals surface area contributed by atoms with E-state index in [0.29, 0.717) is 11.1 Å². The van der Waals surface area contributed by atoms with E-state index >= 15 is 0 Å².